The molecule has 0 spiro atoms. The van der Waals surface area contributed by atoms with Crippen LogP contribution in [-0.4, -0.2) is 113 Å². The first-order chi connectivity index (χ1) is 15.4. The van der Waals surface area contributed by atoms with Crippen molar-refractivity contribution >= 4 is 0 Å². The van der Waals surface area contributed by atoms with Crippen molar-refractivity contribution < 1.29 is 43.4 Å². The van der Waals surface area contributed by atoms with E-state index in [1.165, 1.54) is 0 Å². The summed E-state index contributed by atoms with van der Waals surface area (Å²) in [6.07, 6.45) is 1.91. The number of hydrogen-bond acceptors (Lipinski definition) is 9. The number of aliphatic hydroxyl groups is 2. The standard InChI is InChI=1S/C23H48O9/c1-19(30-18-23(5)32-16-21(3)28-12-9-25)7-6-10-27-15-20(2)31-17-22(4)29-14-13-26-11-8-24/h19-25H,6-18H2,1-5H3. The Morgan fingerprint density at radius 3 is 1.56 bits per heavy atom. The van der Waals surface area contributed by atoms with Gasteiger partial charge in [0.05, 0.1) is 96.6 Å². The molecule has 32 heavy (non-hydrogen) atoms. The lowest BCUT2D eigenvalue weighted by Crippen LogP contribution is -2.26. The maximum Gasteiger partial charge on any atom is 0.0781 e. The van der Waals surface area contributed by atoms with Gasteiger partial charge in [0.15, 0.2) is 0 Å². The monoisotopic (exact) mass is 468 g/mol. The average molecular weight is 469 g/mol. The molecule has 0 rings (SSSR count). The molecule has 5 atom stereocenters. The third kappa shape index (κ3) is 21.5. The van der Waals surface area contributed by atoms with Gasteiger partial charge in [0.1, 0.15) is 0 Å². The molecule has 0 amide bonds. The molecule has 5 unspecified atom stereocenters. The van der Waals surface area contributed by atoms with E-state index >= 15 is 0 Å². The molecule has 0 radical (unpaired) electrons. The highest BCUT2D eigenvalue weighted by molar-refractivity contribution is 4.57. The predicted octanol–water partition coefficient (Wildman–Crippen LogP) is 1.81. The zero-order valence-electron chi connectivity index (χ0n) is 20.8. The molecule has 0 aliphatic carbocycles. The summed E-state index contributed by atoms with van der Waals surface area (Å²) in [6, 6.07) is 0. The SMILES string of the molecule is CC(CCCOCC(C)OCC(C)OCCOCCO)OCC(C)OCC(C)OCCO. The Morgan fingerprint density at radius 1 is 0.469 bits per heavy atom. The van der Waals surface area contributed by atoms with Crippen molar-refractivity contribution in [1.82, 2.24) is 0 Å². The summed E-state index contributed by atoms with van der Waals surface area (Å²) in [5, 5.41) is 17.4. The van der Waals surface area contributed by atoms with E-state index in [9.17, 15) is 0 Å². The Labute approximate surface area is 194 Å². The Kier molecular flexibility index (Phi) is 22.2. The van der Waals surface area contributed by atoms with E-state index in [4.69, 9.17) is 43.4 Å². The molecule has 0 bridgehead atoms. The topological polar surface area (TPSA) is 105 Å². The van der Waals surface area contributed by atoms with E-state index in [2.05, 4.69) is 6.92 Å². The van der Waals surface area contributed by atoms with Crippen LogP contribution in [0.15, 0.2) is 0 Å². The summed E-state index contributed by atoms with van der Waals surface area (Å²) in [5.74, 6) is 0. The van der Waals surface area contributed by atoms with Crippen molar-refractivity contribution in [2.45, 2.75) is 78.0 Å². The van der Waals surface area contributed by atoms with E-state index in [1.807, 2.05) is 27.7 Å². The second kappa shape index (κ2) is 22.4. The van der Waals surface area contributed by atoms with Crippen molar-refractivity contribution in [2.75, 3.05) is 72.7 Å². The summed E-state index contributed by atoms with van der Waals surface area (Å²) in [6.45, 7) is 14.3. The van der Waals surface area contributed by atoms with Gasteiger partial charge in [0.25, 0.3) is 0 Å². The smallest absolute Gasteiger partial charge is 0.0781 e. The van der Waals surface area contributed by atoms with Crippen molar-refractivity contribution in [3.8, 4) is 0 Å². The first-order valence-corrected chi connectivity index (χ1v) is 11.8. The van der Waals surface area contributed by atoms with Crippen LogP contribution >= 0.6 is 0 Å². The minimum Gasteiger partial charge on any atom is -0.394 e. The summed E-state index contributed by atoms with van der Waals surface area (Å²) < 4.78 is 39.1. The van der Waals surface area contributed by atoms with Gasteiger partial charge in [-0.05, 0) is 47.5 Å². The Balaban J connectivity index is 3.57. The minimum atomic E-state index is -0.0433. The van der Waals surface area contributed by atoms with Crippen molar-refractivity contribution in [3.63, 3.8) is 0 Å². The fourth-order valence-electron chi connectivity index (χ4n) is 2.63. The lowest BCUT2D eigenvalue weighted by Gasteiger charge is -2.20. The van der Waals surface area contributed by atoms with E-state index in [0.29, 0.717) is 59.5 Å². The molecule has 2 N–H and O–H groups in total. The molecule has 0 aliphatic rings. The van der Waals surface area contributed by atoms with Crippen LogP contribution in [-0.2, 0) is 33.2 Å². The predicted molar refractivity (Wildman–Crippen MR) is 122 cm³/mol. The van der Waals surface area contributed by atoms with E-state index in [1.54, 1.807) is 0 Å². The third-order valence-corrected chi connectivity index (χ3v) is 4.46. The van der Waals surface area contributed by atoms with Crippen LogP contribution in [0.3, 0.4) is 0 Å². The van der Waals surface area contributed by atoms with Gasteiger partial charge in [0.2, 0.25) is 0 Å². The molecule has 0 heterocycles. The molecule has 0 aliphatic heterocycles. The highest BCUT2D eigenvalue weighted by atomic mass is 16.6. The first kappa shape index (κ1) is 31.6. The van der Waals surface area contributed by atoms with E-state index < -0.39 is 0 Å². The largest absolute Gasteiger partial charge is 0.394 e. The second-order valence-electron chi connectivity index (χ2n) is 8.07. The molecular weight excluding hydrogens is 420 g/mol. The van der Waals surface area contributed by atoms with Gasteiger partial charge in [0, 0.05) is 6.61 Å². The van der Waals surface area contributed by atoms with Crippen LogP contribution in [0.1, 0.15) is 47.5 Å². The summed E-state index contributed by atoms with van der Waals surface area (Å²) >= 11 is 0. The Bertz CT molecular complexity index is 386. The molecule has 0 aromatic heterocycles. The van der Waals surface area contributed by atoms with Gasteiger partial charge in [-0.2, -0.15) is 0 Å². The number of ether oxygens (including phenoxy) is 7. The van der Waals surface area contributed by atoms with Crippen LogP contribution in [0, 0.1) is 0 Å². The number of aliphatic hydroxyl groups excluding tert-OH is 2. The van der Waals surface area contributed by atoms with Gasteiger partial charge in [-0.3, -0.25) is 0 Å². The maximum atomic E-state index is 8.74. The second-order valence-corrected chi connectivity index (χ2v) is 8.07. The van der Waals surface area contributed by atoms with Crippen LogP contribution in [0.25, 0.3) is 0 Å². The van der Waals surface area contributed by atoms with Gasteiger partial charge >= 0.3 is 0 Å². The number of hydrogen-bond donors (Lipinski definition) is 2. The van der Waals surface area contributed by atoms with Gasteiger partial charge in [-0.25, -0.2) is 0 Å². The van der Waals surface area contributed by atoms with Crippen LogP contribution < -0.4 is 0 Å². The molecule has 0 fully saturated rings. The average Bonchev–Trinajstić information content (AvgIpc) is 2.78. The summed E-state index contributed by atoms with van der Waals surface area (Å²) in [4.78, 5) is 0. The van der Waals surface area contributed by atoms with Gasteiger partial charge < -0.3 is 43.4 Å². The molecule has 194 valence electrons. The maximum absolute atomic E-state index is 8.74. The summed E-state index contributed by atoms with van der Waals surface area (Å²) in [5.41, 5.74) is 0. The molecular formula is C23H48O9. The zero-order chi connectivity index (χ0) is 24.0. The third-order valence-electron chi connectivity index (χ3n) is 4.46. The number of rotatable bonds is 24. The van der Waals surface area contributed by atoms with Crippen LogP contribution in [0.5, 0.6) is 0 Å². The van der Waals surface area contributed by atoms with Gasteiger partial charge in [-0.15, -0.1) is 0 Å². The first-order valence-electron chi connectivity index (χ1n) is 11.8. The molecule has 0 aromatic carbocycles. The molecule has 0 aromatic rings. The minimum absolute atomic E-state index is 0.00195. The van der Waals surface area contributed by atoms with Gasteiger partial charge in [-0.1, -0.05) is 0 Å². The molecule has 0 saturated heterocycles. The fourth-order valence-corrected chi connectivity index (χ4v) is 2.63. The van der Waals surface area contributed by atoms with E-state index in [0.717, 1.165) is 12.8 Å². The molecule has 0 saturated carbocycles. The fraction of sp³-hybridized carbons (Fsp3) is 1.00. The molecule has 9 nitrogen and oxygen atoms in total. The van der Waals surface area contributed by atoms with Crippen LogP contribution in [0.4, 0.5) is 0 Å². The van der Waals surface area contributed by atoms with Crippen molar-refractivity contribution in [2.24, 2.45) is 0 Å². The van der Waals surface area contributed by atoms with Crippen LogP contribution in [0.2, 0.25) is 0 Å². The highest BCUT2D eigenvalue weighted by Gasteiger charge is 2.11. The quantitative estimate of drug-likeness (QED) is 0.205. The highest BCUT2D eigenvalue weighted by Crippen LogP contribution is 2.06. The molecule has 9 heteroatoms. The summed E-state index contributed by atoms with van der Waals surface area (Å²) in [7, 11) is 0. The Morgan fingerprint density at radius 2 is 0.969 bits per heavy atom. The lowest BCUT2D eigenvalue weighted by molar-refractivity contribution is -0.0749. The van der Waals surface area contributed by atoms with E-state index in [-0.39, 0.29) is 43.7 Å². The van der Waals surface area contributed by atoms with Crippen molar-refractivity contribution in [1.29, 1.82) is 0 Å². The van der Waals surface area contributed by atoms with Crippen molar-refractivity contribution in [3.05, 3.63) is 0 Å². The zero-order valence-corrected chi connectivity index (χ0v) is 20.8. The normalized spacial score (nSPS) is 16.6. The lowest BCUT2D eigenvalue weighted by atomic mass is 10.2. The Hall–Kier alpha value is -0.360.